The fourth-order valence-corrected chi connectivity index (χ4v) is 2.57. The Balaban J connectivity index is 1.69. The number of aryl methyl sites for hydroxylation is 2. The largest absolute Gasteiger partial charge is 0.467 e. The molecule has 0 fully saturated rings. The predicted molar refractivity (Wildman–Crippen MR) is 102 cm³/mol. The van der Waals surface area contributed by atoms with Gasteiger partial charge >= 0.3 is 0 Å². The fraction of sp³-hybridized carbons (Fsp3) is 0.150. The van der Waals surface area contributed by atoms with Crippen molar-refractivity contribution in [3.63, 3.8) is 0 Å². The van der Waals surface area contributed by atoms with Crippen LogP contribution in [0.2, 0.25) is 5.02 Å². The second-order valence-electron chi connectivity index (χ2n) is 5.97. The maximum absolute atomic E-state index is 13.1. The second kappa shape index (κ2) is 8.14. The van der Waals surface area contributed by atoms with Gasteiger partial charge in [-0.25, -0.2) is 9.37 Å². The third-order valence-corrected chi connectivity index (χ3v) is 3.99. The molecule has 1 amide bonds. The number of ether oxygens (including phenoxy) is 1. The molecule has 0 saturated carbocycles. The highest BCUT2D eigenvalue weighted by Gasteiger charge is 2.10. The lowest BCUT2D eigenvalue weighted by molar-refractivity contribution is -0.118. The number of anilines is 1. The highest BCUT2D eigenvalue weighted by atomic mass is 35.5. The van der Waals surface area contributed by atoms with Gasteiger partial charge in [0.2, 0.25) is 5.88 Å². The lowest BCUT2D eigenvalue weighted by atomic mass is 10.2. The van der Waals surface area contributed by atoms with Crippen molar-refractivity contribution in [3.8, 4) is 17.3 Å². The van der Waals surface area contributed by atoms with Gasteiger partial charge in [0.1, 0.15) is 5.82 Å². The molecular weight excluding hydrogens is 369 g/mol. The summed E-state index contributed by atoms with van der Waals surface area (Å²) >= 11 is 5.95. The van der Waals surface area contributed by atoms with Gasteiger partial charge in [-0.15, -0.1) is 0 Å². The summed E-state index contributed by atoms with van der Waals surface area (Å²) in [5, 5.41) is 3.29. The molecule has 0 aliphatic heterocycles. The van der Waals surface area contributed by atoms with Crippen LogP contribution >= 0.6 is 11.6 Å². The molecule has 27 heavy (non-hydrogen) atoms. The van der Waals surface area contributed by atoms with E-state index in [1.54, 1.807) is 37.3 Å². The summed E-state index contributed by atoms with van der Waals surface area (Å²) in [4.78, 5) is 20.8. The van der Waals surface area contributed by atoms with Gasteiger partial charge in [-0.3, -0.25) is 4.79 Å². The van der Waals surface area contributed by atoms with Crippen molar-refractivity contribution in [3.05, 3.63) is 70.6 Å². The third kappa shape index (κ3) is 5.01. The zero-order valence-corrected chi connectivity index (χ0v) is 15.5. The van der Waals surface area contributed by atoms with Crippen LogP contribution in [-0.4, -0.2) is 22.5 Å². The second-order valence-corrected chi connectivity index (χ2v) is 6.41. The van der Waals surface area contributed by atoms with Crippen LogP contribution in [0, 0.1) is 19.7 Å². The van der Waals surface area contributed by atoms with E-state index in [1.807, 2.05) is 13.0 Å². The minimum absolute atomic E-state index is 0.217. The molecule has 0 aliphatic carbocycles. The van der Waals surface area contributed by atoms with Gasteiger partial charge in [0.05, 0.1) is 0 Å². The molecule has 1 heterocycles. The van der Waals surface area contributed by atoms with E-state index in [9.17, 15) is 9.18 Å². The topological polar surface area (TPSA) is 64.1 Å². The zero-order chi connectivity index (χ0) is 19.4. The molecule has 7 heteroatoms. The van der Waals surface area contributed by atoms with Gasteiger partial charge in [0.25, 0.3) is 5.91 Å². The molecule has 2 aromatic carbocycles. The summed E-state index contributed by atoms with van der Waals surface area (Å²) in [6.07, 6.45) is 0. The molecule has 0 saturated heterocycles. The molecule has 1 N–H and O–H groups in total. The van der Waals surface area contributed by atoms with E-state index in [-0.39, 0.29) is 24.2 Å². The van der Waals surface area contributed by atoms with Crippen molar-refractivity contribution in [2.75, 3.05) is 11.9 Å². The Hall–Kier alpha value is -2.99. The Morgan fingerprint density at radius 1 is 1.11 bits per heavy atom. The highest BCUT2D eigenvalue weighted by Crippen LogP contribution is 2.21. The van der Waals surface area contributed by atoms with E-state index in [2.05, 4.69) is 15.3 Å². The van der Waals surface area contributed by atoms with Crippen LogP contribution in [0.4, 0.5) is 10.1 Å². The standard InChI is InChI=1S/C20H17ClFN3O2/c1-12-3-6-15(21)10-17(12)24-18(26)11-27-19-9-13(2)23-20(25-19)14-4-7-16(22)8-5-14/h3-10H,11H2,1-2H3,(H,24,26). The number of carbonyl (C=O) groups is 1. The summed E-state index contributed by atoms with van der Waals surface area (Å²) in [6.45, 7) is 3.44. The van der Waals surface area contributed by atoms with Gasteiger partial charge in [-0.2, -0.15) is 4.98 Å². The number of carbonyl (C=O) groups excluding carboxylic acids is 1. The molecule has 1 aromatic heterocycles. The lowest BCUT2D eigenvalue weighted by Crippen LogP contribution is -2.21. The number of hydrogen-bond donors (Lipinski definition) is 1. The van der Waals surface area contributed by atoms with Crippen LogP contribution in [0.25, 0.3) is 11.4 Å². The van der Waals surface area contributed by atoms with E-state index in [1.165, 1.54) is 12.1 Å². The maximum atomic E-state index is 13.1. The van der Waals surface area contributed by atoms with E-state index in [4.69, 9.17) is 16.3 Å². The molecule has 0 spiro atoms. The van der Waals surface area contributed by atoms with Gasteiger partial charge in [0, 0.05) is 28.0 Å². The minimum Gasteiger partial charge on any atom is -0.467 e. The number of rotatable bonds is 5. The van der Waals surface area contributed by atoms with Crippen LogP contribution < -0.4 is 10.1 Å². The Kier molecular flexibility index (Phi) is 5.66. The number of benzene rings is 2. The van der Waals surface area contributed by atoms with Crippen molar-refractivity contribution >= 4 is 23.2 Å². The molecule has 3 aromatic rings. The van der Waals surface area contributed by atoms with Gasteiger partial charge in [-0.05, 0) is 55.8 Å². The van der Waals surface area contributed by atoms with Crippen LogP contribution in [-0.2, 0) is 4.79 Å². The molecule has 0 aliphatic rings. The number of aromatic nitrogens is 2. The van der Waals surface area contributed by atoms with Crippen LogP contribution in [0.5, 0.6) is 5.88 Å². The number of halogens is 2. The third-order valence-electron chi connectivity index (χ3n) is 3.76. The van der Waals surface area contributed by atoms with Crippen molar-refractivity contribution in [2.24, 2.45) is 0 Å². The van der Waals surface area contributed by atoms with E-state index >= 15 is 0 Å². The number of nitrogens with one attached hydrogen (secondary N) is 1. The smallest absolute Gasteiger partial charge is 0.262 e. The monoisotopic (exact) mass is 385 g/mol. The Labute approximate surface area is 161 Å². The maximum Gasteiger partial charge on any atom is 0.262 e. The molecule has 0 bridgehead atoms. The predicted octanol–water partition coefficient (Wildman–Crippen LogP) is 4.57. The quantitative estimate of drug-likeness (QED) is 0.698. The lowest BCUT2D eigenvalue weighted by Gasteiger charge is -2.10. The first-order valence-corrected chi connectivity index (χ1v) is 8.59. The fourth-order valence-electron chi connectivity index (χ4n) is 2.40. The van der Waals surface area contributed by atoms with Crippen molar-refractivity contribution in [1.29, 1.82) is 0 Å². The Morgan fingerprint density at radius 3 is 2.59 bits per heavy atom. The van der Waals surface area contributed by atoms with Crippen LogP contribution in [0.3, 0.4) is 0 Å². The molecule has 0 atom stereocenters. The zero-order valence-electron chi connectivity index (χ0n) is 14.8. The summed E-state index contributed by atoms with van der Waals surface area (Å²) in [5.41, 5.74) is 2.85. The first-order chi connectivity index (χ1) is 12.9. The van der Waals surface area contributed by atoms with E-state index in [0.717, 1.165) is 5.56 Å². The van der Waals surface area contributed by atoms with Crippen molar-refractivity contribution in [1.82, 2.24) is 9.97 Å². The van der Waals surface area contributed by atoms with Crippen LogP contribution in [0.1, 0.15) is 11.3 Å². The normalized spacial score (nSPS) is 10.5. The summed E-state index contributed by atoms with van der Waals surface area (Å²) in [6, 6.07) is 12.7. The van der Waals surface area contributed by atoms with Crippen LogP contribution in [0.15, 0.2) is 48.5 Å². The van der Waals surface area contributed by atoms with E-state index < -0.39 is 0 Å². The Bertz CT molecular complexity index is 977. The SMILES string of the molecule is Cc1cc(OCC(=O)Nc2cc(Cl)ccc2C)nc(-c2ccc(F)cc2)n1. The molecule has 138 valence electrons. The first-order valence-electron chi connectivity index (χ1n) is 8.21. The molecule has 3 rings (SSSR count). The average molecular weight is 386 g/mol. The number of nitrogens with zero attached hydrogens (tertiary/aromatic N) is 2. The molecule has 0 unspecified atom stereocenters. The van der Waals surface area contributed by atoms with Crippen molar-refractivity contribution < 1.29 is 13.9 Å². The molecule has 0 radical (unpaired) electrons. The summed E-state index contributed by atoms with van der Waals surface area (Å²) < 4.78 is 18.6. The van der Waals surface area contributed by atoms with Gasteiger partial charge in [0.15, 0.2) is 12.4 Å². The molecular formula is C20H17ClFN3O2. The van der Waals surface area contributed by atoms with E-state index in [0.29, 0.717) is 27.8 Å². The minimum atomic E-state index is -0.337. The number of amides is 1. The van der Waals surface area contributed by atoms with Gasteiger partial charge in [-0.1, -0.05) is 17.7 Å². The van der Waals surface area contributed by atoms with Gasteiger partial charge < -0.3 is 10.1 Å². The summed E-state index contributed by atoms with van der Waals surface area (Å²) in [7, 11) is 0. The average Bonchev–Trinajstić information content (AvgIpc) is 2.63. The molecule has 5 nitrogen and oxygen atoms in total. The first kappa shape index (κ1) is 18.8. The highest BCUT2D eigenvalue weighted by molar-refractivity contribution is 6.31. The van der Waals surface area contributed by atoms with Crippen molar-refractivity contribution in [2.45, 2.75) is 13.8 Å². The summed E-state index contributed by atoms with van der Waals surface area (Å²) in [5.74, 6) is -0.00768. The Morgan fingerprint density at radius 2 is 1.85 bits per heavy atom. The number of hydrogen-bond acceptors (Lipinski definition) is 4.